The highest BCUT2D eigenvalue weighted by Crippen LogP contribution is 2.34. The van der Waals surface area contributed by atoms with E-state index in [0.717, 1.165) is 144 Å². The summed E-state index contributed by atoms with van der Waals surface area (Å²) in [6.45, 7) is 48.4. The van der Waals surface area contributed by atoms with Gasteiger partial charge in [0.15, 0.2) is 5.82 Å². The van der Waals surface area contributed by atoms with Gasteiger partial charge in [-0.3, -0.25) is 44.4 Å². The van der Waals surface area contributed by atoms with Crippen LogP contribution in [0, 0.1) is 11.8 Å². The fourth-order valence-corrected chi connectivity index (χ4v) is 14.7. The highest BCUT2D eigenvalue weighted by Gasteiger charge is 2.39. The van der Waals surface area contributed by atoms with Crippen LogP contribution in [0.3, 0.4) is 0 Å². The molecule has 1 amide bonds. The molecule has 0 aromatic carbocycles. The standard InChI is InChI=1S/C15H23N3.C14H22FN3.C14H22N4O.C14H23N3.C14H22N2.C13H19N3O/c1-11(2)15-5-4-14(6-16-15)18-9-12-7-17(3)8-13(12)10-18;1-11(2)14-5-4-12(9-16-14)18-7-6-17(3)13(8-15)10-18;1-11(2)13-3-4-14(16-15-13)18-7-5-17(6-8-18)12-9-19-10-12;1-12(2)14-6-5-13(11-15-14)17-8-4-7-16(3)9-10-17;1-11(2)14-5-4-13(10-15-14)12-6-8-16(3)9-7-12;1-10(2)12-5-4-11(8-14-12)16-7-6-15(3)9-13(16)17/h4-6,11-13H,7-10H2,1-3H3;4-5,9,11,13H,6-8,10H2,1-3H3;3-4,11-12H,5-10H2,1-2H3;5-6,11-12H,4,7-10H2,1-3H3;4-5,10-12H,6-9H2,1-3H3;4-5,8,10H,6-7,9H2,1-3H3. The van der Waals surface area contributed by atoms with Gasteiger partial charge in [-0.2, -0.15) is 5.10 Å². The van der Waals surface area contributed by atoms with Crippen LogP contribution in [-0.4, -0.2) is 269 Å². The Morgan fingerprint density at radius 1 is 0.410 bits per heavy atom. The molecule has 105 heavy (non-hydrogen) atoms. The van der Waals surface area contributed by atoms with Gasteiger partial charge in [-0.15, -0.1) is 5.10 Å². The summed E-state index contributed by atoms with van der Waals surface area (Å²) in [5, 5.41) is 8.67. The Morgan fingerprint density at radius 3 is 1.31 bits per heavy atom. The minimum absolute atomic E-state index is 0.00326. The van der Waals surface area contributed by atoms with Crippen LogP contribution >= 0.6 is 0 Å². The van der Waals surface area contributed by atoms with Crippen LogP contribution in [0.15, 0.2) is 104 Å². The molecule has 21 heteroatoms. The SMILES string of the molecule is CC(C)c1ccc(C2CCN(C)CC2)cn1.CC(C)c1ccc(N2CC3CN(C)CC3C2)cn1.CC(C)c1ccc(N2CCCN(C)CC2)cn1.CC(C)c1ccc(N2CCN(C)C(CF)C2)cn1.CC(C)c1ccc(N2CCN(C)CC2=O)cn1.CC(C)c1ccc(N2CCN(C3COC3)CC2)nn1. The number of rotatable bonds is 14. The van der Waals surface area contributed by atoms with Gasteiger partial charge in [-0.05, 0) is 200 Å². The van der Waals surface area contributed by atoms with Crippen LogP contribution in [-0.2, 0) is 9.53 Å². The summed E-state index contributed by atoms with van der Waals surface area (Å²) in [7, 11) is 10.6. The van der Waals surface area contributed by atoms with Crippen LogP contribution in [0.2, 0.25) is 0 Å². The summed E-state index contributed by atoms with van der Waals surface area (Å²) in [6, 6.07) is 26.3. The average Bonchev–Trinajstić information content (AvgIpc) is 1.63. The number of piperidine rings is 1. The van der Waals surface area contributed by atoms with Gasteiger partial charge >= 0.3 is 0 Å². The molecule has 6 aromatic heterocycles. The zero-order valence-electron chi connectivity index (χ0n) is 67.3. The van der Waals surface area contributed by atoms with Gasteiger partial charge < -0.3 is 43.9 Å². The Hall–Kier alpha value is -6.85. The number of amides is 1. The normalized spacial score (nSPS) is 21.3. The molecule has 3 unspecified atom stereocenters. The first-order valence-corrected chi connectivity index (χ1v) is 39.6. The van der Waals surface area contributed by atoms with E-state index < -0.39 is 0 Å². The molecule has 8 aliphatic rings. The first-order valence-electron chi connectivity index (χ1n) is 39.6. The molecule has 14 heterocycles. The molecule has 0 bridgehead atoms. The first kappa shape index (κ1) is 82.2. The van der Waals surface area contributed by atoms with Crippen molar-refractivity contribution in [3.05, 3.63) is 144 Å². The molecule has 20 nitrogen and oxygen atoms in total. The van der Waals surface area contributed by atoms with Crippen molar-refractivity contribution >= 4 is 34.5 Å². The second kappa shape index (κ2) is 40.4. The fourth-order valence-electron chi connectivity index (χ4n) is 14.7. The minimum atomic E-state index is -0.287. The summed E-state index contributed by atoms with van der Waals surface area (Å²) in [4.78, 5) is 59.7. The molecule has 8 fully saturated rings. The number of alkyl halides is 1. The third-order valence-electron chi connectivity index (χ3n) is 22.2. The van der Waals surface area contributed by atoms with Crippen molar-refractivity contribution in [2.45, 2.75) is 156 Å². The second-order valence-electron chi connectivity index (χ2n) is 32.6. The largest absolute Gasteiger partial charge is 0.378 e. The van der Waals surface area contributed by atoms with E-state index in [4.69, 9.17) is 4.74 Å². The van der Waals surface area contributed by atoms with E-state index >= 15 is 0 Å². The number of ether oxygens (including phenoxy) is 1. The van der Waals surface area contributed by atoms with Crippen molar-refractivity contribution in [3.8, 4) is 0 Å². The van der Waals surface area contributed by atoms with Crippen LogP contribution in [0.1, 0.15) is 183 Å². The Balaban J connectivity index is 0.000000146. The maximum Gasteiger partial charge on any atom is 0.241 e. The highest BCUT2D eigenvalue weighted by molar-refractivity contribution is 5.95. The average molecular weight is 1440 g/mol. The molecule has 3 atom stereocenters. The van der Waals surface area contributed by atoms with Crippen LogP contribution in [0.25, 0.3) is 0 Å². The zero-order valence-corrected chi connectivity index (χ0v) is 67.3. The minimum Gasteiger partial charge on any atom is -0.378 e. The zero-order chi connectivity index (χ0) is 75.3. The smallest absolute Gasteiger partial charge is 0.241 e. The van der Waals surface area contributed by atoms with Gasteiger partial charge in [0.05, 0.1) is 85.1 Å². The summed E-state index contributed by atoms with van der Waals surface area (Å²) < 4.78 is 18.2. The Bertz CT molecular complexity index is 3440. The van der Waals surface area contributed by atoms with Crippen molar-refractivity contribution < 1.29 is 13.9 Å². The number of carbonyl (C=O) groups excluding carboxylic acids is 1. The lowest BCUT2D eigenvalue weighted by atomic mass is 9.90. The van der Waals surface area contributed by atoms with Crippen molar-refractivity contribution in [3.63, 3.8) is 0 Å². The lowest BCUT2D eigenvalue weighted by molar-refractivity contribution is -0.120. The predicted octanol–water partition coefficient (Wildman–Crippen LogP) is 12.5. The third-order valence-corrected chi connectivity index (χ3v) is 22.2. The monoisotopic (exact) mass is 1440 g/mol. The van der Waals surface area contributed by atoms with E-state index in [1.165, 1.54) is 99.1 Å². The van der Waals surface area contributed by atoms with Crippen LogP contribution < -0.4 is 24.5 Å². The number of likely N-dealkylation sites (tertiary alicyclic amines) is 2. The van der Waals surface area contributed by atoms with Crippen molar-refractivity contribution in [1.82, 2.24) is 64.5 Å². The Kier molecular flexibility index (Phi) is 31.6. The number of carbonyl (C=O) groups is 1. The topological polar surface area (TPSA) is 152 Å². The van der Waals surface area contributed by atoms with Gasteiger partial charge in [0.2, 0.25) is 5.91 Å². The van der Waals surface area contributed by atoms with Gasteiger partial charge in [-0.25, -0.2) is 4.39 Å². The second-order valence-corrected chi connectivity index (χ2v) is 32.6. The summed E-state index contributed by atoms with van der Waals surface area (Å²) >= 11 is 0. The Morgan fingerprint density at radius 2 is 0.867 bits per heavy atom. The lowest BCUT2D eigenvalue weighted by Gasteiger charge is -2.42. The first-order chi connectivity index (χ1) is 50.4. The Labute approximate surface area is 631 Å². The third kappa shape index (κ3) is 24.3. The molecule has 6 aromatic rings. The lowest BCUT2D eigenvalue weighted by Crippen LogP contribution is -2.56. The van der Waals surface area contributed by atoms with E-state index in [9.17, 15) is 9.18 Å². The number of nitrogens with zero attached hydrogens (tertiary/aromatic N) is 18. The van der Waals surface area contributed by atoms with E-state index in [-0.39, 0.29) is 18.6 Å². The molecule has 0 radical (unpaired) electrons. The number of aromatic nitrogens is 7. The highest BCUT2D eigenvalue weighted by atomic mass is 19.1. The van der Waals surface area contributed by atoms with E-state index in [0.29, 0.717) is 48.1 Å². The van der Waals surface area contributed by atoms with Crippen molar-refractivity contribution in [2.75, 3.05) is 211 Å². The van der Waals surface area contributed by atoms with Gasteiger partial charge in [0.25, 0.3) is 0 Å². The number of hydrogen-bond donors (Lipinski definition) is 0. The molecular formula is C84H131FN18O2. The fraction of sp³-hybridized carbons (Fsp3) is 0.643. The predicted molar refractivity (Wildman–Crippen MR) is 431 cm³/mol. The summed E-state index contributed by atoms with van der Waals surface area (Å²) in [5.74, 6) is 6.49. The van der Waals surface area contributed by atoms with E-state index in [1.807, 2.05) is 48.4 Å². The van der Waals surface area contributed by atoms with Crippen molar-refractivity contribution in [2.24, 2.45) is 11.8 Å². The van der Waals surface area contributed by atoms with E-state index in [1.54, 1.807) is 6.20 Å². The van der Waals surface area contributed by atoms with Gasteiger partial charge in [0.1, 0.15) is 6.67 Å². The number of pyridine rings is 5. The molecule has 576 valence electrons. The number of piperazine rings is 3. The molecule has 0 saturated carbocycles. The molecule has 8 saturated heterocycles. The van der Waals surface area contributed by atoms with Crippen LogP contribution in [0.4, 0.5) is 33.0 Å². The number of halogens is 1. The quantitative estimate of drug-likeness (QED) is 0.102. The van der Waals surface area contributed by atoms with Crippen LogP contribution in [0.5, 0.6) is 0 Å². The molecule has 0 N–H and O–H groups in total. The maximum absolute atomic E-state index is 12.9. The number of fused-ring (bicyclic) bond motifs is 1. The number of hydrogen-bond acceptors (Lipinski definition) is 19. The molecule has 8 aliphatic heterocycles. The molecule has 0 spiro atoms. The molecule has 0 aliphatic carbocycles. The molecule has 14 rings (SSSR count). The summed E-state index contributed by atoms with van der Waals surface area (Å²) in [6.07, 6.45) is 13.7. The summed E-state index contributed by atoms with van der Waals surface area (Å²) in [5.41, 5.74) is 12.8. The maximum atomic E-state index is 12.9. The van der Waals surface area contributed by atoms with Gasteiger partial charge in [0, 0.05) is 139 Å². The number of likely N-dealkylation sites (N-methyl/N-ethyl adjacent to an activating group) is 3. The van der Waals surface area contributed by atoms with Crippen molar-refractivity contribution in [1.29, 1.82) is 0 Å². The molecular weight excluding hydrogens is 1310 g/mol. The number of anilines is 5. The van der Waals surface area contributed by atoms with Gasteiger partial charge in [-0.1, -0.05) is 89.2 Å². The van der Waals surface area contributed by atoms with E-state index in [2.05, 4.69) is 257 Å².